The molecule has 0 unspecified atom stereocenters. The zero-order valence-corrected chi connectivity index (χ0v) is 17.0. The van der Waals surface area contributed by atoms with Gasteiger partial charge in [0.15, 0.2) is 0 Å². The number of rotatable bonds is 5. The fraction of sp³-hybridized carbons (Fsp3) is 0.0435. The Balaban J connectivity index is 1.63. The van der Waals surface area contributed by atoms with Crippen LogP contribution in [0.3, 0.4) is 0 Å². The third-order valence-corrected chi connectivity index (χ3v) is 6.53. The number of anilines is 2. The lowest BCUT2D eigenvalue weighted by atomic mass is 10.1. The van der Waals surface area contributed by atoms with Gasteiger partial charge < -0.3 is 5.32 Å². The molecule has 0 spiro atoms. The van der Waals surface area contributed by atoms with Crippen molar-refractivity contribution in [2.75, 3.05) is 16.7 Å². The fourth-order valence-corrected chi connectivity index (χ4v) is 4.40. The second-order valence-corrected chi connectivity index (χ2v) is 8.64. The number of aromatic nitrogens is 1. The van der Waals surface area contributed by atoms with E-state index in [0.29, 0.717) is 22.5 Å². The van der Waals surface area contributed by atoms with Crippen LogP contribution in [-0.4, -0.2) is 26.4 Å². The molecular formula is C23H19N3O3S. The average molecular weight is 417 g/mol. The summed E-state index contributed by atoms with van der Waals surface area (Å²) in [6, 6.07) is 24.1. The van der Waals surface area contributed by atoms with Gasteiger partial charge in [-0.15, -0.1) is 0 Å². The number of hydrogen-bond acceptors (Lipinski definition) is 4. The van der Waals surface area contributed by atoms with Crippen molar-refractivity contribution in [2.45, 2.75) is 4.90 Å². The second kappa shape index (κ2) is 7.96. The van der Waals surface area contributed by atoms with Crippen LogP contribution < -0.4 is 9.62 Å². The highest BCUT2D eigenvalue weighted by atomic mass is 32.2. The van der Waals surface area contributed by atoms with Gasteiger partial charge in [0.05, 0.1) is 21.7 Å². The number of carbonyl (C=O) groups is 1. The van der Waals surface area contributed by atoms with E-state index < -0.39 is 10.0 Å². The van der Waals surface area contributed by atoms with Gasteiger partial charge in [0.25, 0.3) is 15.9 Å². The number of nitrogens with zero attached hydrogens (tertiary/aromatic N) is 2. The molecule has 0 aliphatic carbocycles. The van der Waals surface area contributed by atoms with Crippen molar-refractivity contribution in [3.8, 4) is 0 Å². The summed E-state index contributed by atoms with van der Waals surface area (Å²) >= 11 is 0. The van der Waals surface area contributed by atoms with Crippen molar-refractivity contribution >= 4 is 38.2 Å². The number of fused-ring (bicyclic) bond motifs is 1. The van der Waals surface area contributed by atoms with Crippen LogP contribution in [-0.2, 0) is 10.0 Å². The molecule has 0 aliphatic heterocycles. The molecular weight excluding hydrogens is 398 g/mol. The maximum atomic E-state index is 13.0. The molecule has 6 nitrogen and oxygen atoms in total. The van der Waals surface area contributed by atoms with Crippen molar-refractivity contribution in [3.63, 3.8) is 0 Å². The van der Waals surface area contributed by atoms with E-state index in [4.69, 9.17) is 0 Å². The lowest BCUT2D eigenvalue weighted by Crippen LogP contribution is -2.26. The molecule has 0 radical (unpaired) electrons. The molecule has 7 heteroatoms. The van der Waals surface area contributed by atoms with Gasteiger partial charge in [-0.1, -0.05) is 42.5 Å². The molecule has 0 aliphatic rings. The zero-order chi connectivity index (χ0) is 21.1. The van der Waals surface area contributed by atoms with Gasteiger partial charge >= 0.3 is 0 Å². The molecule has 3 aromatic carbocycles. The van der Waals surface area contributed by atoms with Crippen LogP contribution in [0.1, 0.15) is 10.4 Å². The Bertz CT molecular complexity index is 1320. The normalized spacial score (nSPS) is 11.2. The van der Waals surface area contributed by atoms with E-state index in [-0.39, 0.29) is 10.8 Å². The predicted molar refractivity (Wildman–Crippen MR) is 118 cm³/mol. The quantitative estimate of drug-likeness (QED) is 0.525. The maximum absolute atomic E-state index is 13.0. The monoisotopic (exact) mass is 417 g/mol. The summed E-state index contributed by atoms with van der Waals surface area (Å²) in [5.41, 5.74) is 1.94. The lowest BCUT2D eigenvalue weighted by Gasteiger charge is -2.20. The minimum atomic E-state index is -3.78. The number of nitrogens with one attached hydrogen (secondary N) is 1. The van der Waals surface area contributed by atoms with E-state index in [9.17, 15) is 13.2 Å². The zero-order valence-electron chi connectivity index (χ0n) is 16.2. The highest BCUT2D eigenvalue weighted by Crippen LogP contribution is 2.24. The first-order valence-electron chi connectivity index (χ1n) is 9.26. The van der Waals surface area contributed by atoms with Crippen LogP contribution in [0.25, 0.3) is 10.9 Å². The first kappa shape index (κ1) is 19.6. The predicted octanol–water partition coefficient (Wildman–Crippen LogP) is 4.31. The number of amides is 1. The van der Waals surface area contributed by atoms with Crippen LogP contribution >= 0.6 is 0 Å². The molecule has 1 amide bonds. The van der Waals surface area contributed by atoms with E-state index in [1.807, 2.05) is 24.3 Å². The Hall–Kier alpha value is -3.71. The Morgan fingerprint density at radius 1 is 0.900 bits per heavy atom. The van der Waals surface area contributed by atoms with Crippen molar-refractivity contribution in [3.05, 3.63) is 96.7 Å². The van der Waals surface area contributed by atoms with Crippen LogP contribution in [0.5, 0.6) is 0 Å². The van der Waals surface area contributed by atoms with Crippen LogP contribution in [0, 0.1) is 0 Å². The molecule has 0 saturated carbocycles. The Kier molecular flexibility index (Phi) is 5.20. The highest BCUT2D eigenvalue weighted by molar-refractivity contribution is 7.92. The maximum Gasteiger partial charge on any atom is 0.264 e. The topological polar surface area (TPSA) is 79.4 Å². The summed E-state index contributed by atoms with van der Waals surface area (Å²) in [7, 11) is -2.28. The van der Waals surface area contributed by atoms with Gasteiger partial charge in [-0.3, -0.25) is 14.1 Å². The van der Waals surface area contributed by atoms with E-state index in [2.05, 4.69) is 10.3 Å². The number of hydrogen-bond donors (Lipinski definition) is 1. The van der Waals surface area contributed by atoms with Gasteiger partial charge in [-0.25, -0.2) is 8.42 Å². The molecule has 150 valence electrons. The van der Waals surface area contributed by atoms with Gasteiger partial charge in [0.2, 0.25) is 0 Å². The summed E-state index contributed by atoms with van der Waals surface area (Å²) in [6.07, 6.45) is 1.63. The molecule has 1 N–H and O–H groups in total. The molecule has 0 atom stereocenters. The third kappa shape index (κ3) is 3.75. The molecule has 0 bridgehead atoms. The largest absolute Gasteiger partial charge is 0.322 e. The van der Waals surface area contributed by atoms with E-state index in [0.717, 1.165) is 5.39 Å². The molecule has 30 heavy (non-hydrogen) atoms. The van der Waals surface area contributed by atoms with Crippen molar-refractivity contribution < 1.29 is 13.2 Å². The average Bonchev–Trinajstić information content (AvgIpc) is 2.79. The van der Waals surface area contributed by atoms with E-state index >= 15 is 0 Å². The lowest BCUT2D eigenvalue weighted by molar-refractivity contribution is 0.102. The molecule has 4 aromatic rings. The van der Waals surface area contributed by atoms with E-state index in [1.54, 1.807) is 54.7 Å². The summed E-state index contributed by atoms with van der Waals surface area (Å²) in [6.45, 7) is 0. The molecule has 4 rings (SSSR count). The van der Waals surface area contributed by atoms with Crippen LogP contribution in [0.4, 0.5) is 11.4 Å². The summed E-state index contributed by atoms with van der Waals surface area (Å²) in [5, 5.41) is 3.63. The number of pyridine rings is 1. The molecule has 0 saturated heterocycles. The minimum absolute atomic E-state index is 0.0858. The Morgan fingerprint density at radius 3 is 2.43 bits per heavy atom. The molecule has 1 aromatic heterocycles. The van der Waals surface area contributed by atoms with Gasteiger partial charge in [0.1, 0.15) is 0 Å². The van der Waals surface area contributed by atoms with Crippen molar-refractivity contribution in [1.82, 2.24) is 4.98 Å². The first-order chi connectivity index (χ1) is 14.5. The number of sulfonamides is 1. The number of benzene rings is 3. The van der Waals surface area contributed by atoms with Crippen LogP contribution in [0.15, 0.2) is 96.0 Å². The SMILES string of the molecule is CN(c1ccccc1)S(=O)(=O)c1cccc(NC(=O)c2cccc3cccnc23)c1. The summed E-state index contributed by atoms with van der Waals surface area (Å²) < 4.78 is 27.2. The highest BCUT2D eigenvalue weighted by Gasteiger charge is 2.22. The van der Waals surface area contributed by atoms with E-state index in [1.165, 1.54) is 23.5 Å². The molecule has 0 fully saturated rings. The third-order valence-electron chi connectivity index (χ3n) is 4.75. The first-order valence-corrected chi connectivity index (χ1v) is 10.7. The smallest absolute Gasteiger partial charge is 0.264 e. The van der Waals surface area contributed by atoms with Crippen molar-refractivity contribution in [2.24, 2.45) is 0 Å². The Morgan fingerprint density at radius 2 is 1.63 bits per heavy atom. The van der Waals surface area contributed by atoms with Crippen LogP contribution in [0.2, 0.25) is 0 Å². The summed E-state index contributed by atoms with van der Waals surface area (Å²) in [4.78, 5) is 17.2. The summed E-state index contributed by atoms with van der Waals surface area (Å²) in [5.74, 6) is -0.356. The minimum Gasteiger partial charge on any atom is -0.322 e. The van der Waals surface area contributed by atoms with Gasteiger partial charge in [-0.2, -0.15) is 0 Å². The number of carbonyl (C=O) groups excluding carboxylic acids is 1. The molecule has 1 heterocycles. The standard InChI is InChI=1S/C23H19N3O3S/c1-26(19-11-3-2-4-12-19)30(28,29)20-13-6-10-18(16-20)25-23(27)21-14-5-8-17-9-7-15-24-22(17)21/h2-16H,1H3,(H,25,27). The van der Waals surface area contributed by atoms with Crippen molar-refractivity contribution in [1.29, 1.82) is 0 Å². The number of para-hydroxylation sites is 2. The second-order valence-electron chi connectivity index (χ2n) is 6.67. The fourth-order valence-electron chi connectivity index (χ4n) is 3.15. The Labute approximate surface area is 174 Å². The van der Waals surface area contributed by atoms with Gasteiger partial charge in [-0.05, 0) is 42.5 Å². The van der Waals surface area contributed by atoms with Gasteiger partial charge in [0, 0.05) is 24.3 Å².